The van der Waals surface area contributed by atoms with Crippen molar-refractivity contribution in [3.05, 3.63) is 35.4 Å². The Morgan fingerprint density at radius 3 is 2.04 bits per heavy atom. The fraction of sp³-hybridized carbons (Fsp3) is 0.696. The lowest BCUT2D eigenvalue weighted by Gasteiger charge is -2.42. The third kappa shape index (κ3) is 4.55. The second-order valence-electron chi connectivity index (χ2n) is 9.79. The summed E-state index contributed by atoms with van der Waals surface area (Å²) < 4.78 is 38.5. The average molecular weight is 396 g/mol. The van der Waals surface area contributed by atoms with Gasteiger partial charge in [0.15, 0.2) is 0 Å². The van der Waals surface area contributed by atoms with Gasteiger partial charge in [-0.2, -0.15) is 13.2 Å². The minimum absolute atomic E-state index is 0.220. The normalized spacial score (nSPS) is 21.1. The standard InChI is InChI=1S/C23H32F3NO/c1-21(2,3)18-10-14-27(15-11-18)20(28)22(12-4-5-13-22)16-17-6-8-19(9-7-17)23(24,25)26/h6-9,18H,4-5,10-16H2,1-3H3. The maximum absolute atomic E-state index is 13.5. The molecule has 1 saturated carbocycles. The van der Waals surface area contributed by atoms with Crippen molar-refractivity contribution in [3.63, 3.8) is 0 Å². The lowest BCUT2D eigenvalue weighted by atomic mass is 9.74. The van der Waals surface area contributed by atoms with Gasteiger partial charge in [0.25, 0.3) is 0 Å². The highest BCUT2D eigenvalue weighted by atomic mass is 19.4. The Balaban J connectivity index is 1.71. The summed E-state index contributed by atoms with van der Waals surface area (Å²) in [6, 6.07) is 5.36. The van der Waals surface area contributed by atoms with E-state index in [1.165, 1.54) is 0 Å². The van der Waals surface area contributed by atoms with Crippen LogP contribution in [0.15, 0.2) is 24.3 Å². The fourth-order valence-corrected chi connectivity index (χ4v) is 5.00. The van der Waals surface area contributed by atoms with Crippen LogP contribution in [-0.2, 0) is 17.4 Å². The number of nitrogens with zero attached hydrogens (tertiary/aromatic N) is 1. The molecule has 3 rings (SSSR count). The second-order valence-corrected chi connectivity index (χ2v) is 9.79. The molecule has 0 unspecified atom stereocenters. The first kappa shape index (κ1) is 21.2. The van der Waals surface area contributed by atoms with E-state index < -0.39 is 17.2 Å². The second kappa shape index (κ2) is 7.72. The summed E-state index contributed by atoms with van der Waals surface area (Å²) in [6.45, 7) is 8.39. The van der Waals surface area contributed by atoms with E-state index in [4.69, 9.17) is 0 Å². The molecule has 1 aliphatic carbocycles. The smallest absolute Gasteiger partial charge is 0.342 e. The molecule has 2 fully saturated rings. The molecule has 1 saturated heterocycles. The van der Waals surface area contributed by atoms with E-state index in [-0.39, 0.29) is 11.3 Å². The SMILES string of the molecule is CC(C)(C)C1CCN(C(=O)C2(Cc3ccc(C(F)(F)F)cc3)CCCC2)CC1. The summed E-state index contributed by atoms with van der Waals surface area (Å²) in [4.78, 5) is 15.5. The molecule has 2 aliphatic rings. The molecule has 0 bridgehead atoms. The van der Waals surface area contributed by atoms with Gasteiger partial charge in [-0.05, 0) is 61.1 Å². The van der Waals surface area contributed by atoms with E-state index in [1.807, 2.05) is 4.90 Å². The summed E-state index contributed by atoms with van der Waals surface area (Å²) in [5.74, 6) is 0.850. The molecule has 1 aliphatic heterocycles. The van der Waals surface area contributed by atoms with Gasteiger partial charge in [0.1, 0.15) is 0 Å². The molecule has 5 heteroatoms. The minimum Gasteiger partial charge on any atom is -0.342 e. The summed E-state index contributed by atoms with van der Waals surface area (Å²) in [5, 5.41) is 0. The maximum atomic E-state index is 13.5. The first-order valence-corrected chi connectivity index (χ1v) is 10.5. The zero-order valence-corrected chi connectivity index (χ0v) is 17.2. The van der Waals surface area contributed by atoms with Crippen molar-refractivity contribution >= 4 is 5.91 Å². The monoisotopic (exact) mass is 395 g/mol. The van der Waals surface area contributed by atoms with E-state index in [0.29, 0.717) is 12.3 Å². The topological polar surface area (TPSA) is 20.3 Å². The predicted octanol–water partition coefficient (Wildman–Crippen LogP) is 6.09. The number of likely N-dealkylation sites (tertiary alicyclic amines) is 1. The van der Waals surface area contributed by atoms with Crippen LogP contribution in [0.2, 0.25) is 0 Å². The van der Waals surface area contributed by atoms with E-state index in [9.17, 15) is 18.0 Å². The maximum Gasteiger partial charge on any atom is 0.416 e. The average Bonchev–Trinajstić information content (AvgIpc) is 3.10. The van der Waals surface area contributed by atoms with Gasteiger partial charge in [-0.1, -0.05) is 45.7 Å². The van der Waals surface area contributed by atoms with E-state index in [2.05, 4.69) is 20.8 Å². The van der Waals surface area contributed by atoms with E-state index >= 15 is 0 Å². The van der Waals surface area contributed by atoms with Crippen LogP contribution in [-0.4, -0.2) is 23.9 Å². The molecule has 0 aromatic heterocycles. The number of benzene rings is 1. The van der Waals surface area contributed by atoms with Gasteiger partial charge in [-0.3, -0.25) is 4.79 Å². The summed E-state index contributed by atoms with van der Waals surface area (Å²) in [7, 11) is 0. The molecule has 2 nitrogen and oxygen atoms in total. The highest BCUT2D eigenvalue weighted by molar-refractivity contribution is 5.83. The van der Waals surface area contributed by atoms with Gasteiger partial charge in [0.2, 0.25) is 5.91 Å². The molecule has 0 N–H and O–H groups in total. The third-order valence-electron chi connectivity index (χ3n) is 6.85. The summed E-state index contributed by atoms with van der Waals surface area (Å²) in [6.07, 6.45) is 2.00. The van der Waals surface area contributed by atoms with Crippen molar-refractivity contribution in [2.45, 2.75) is 71.9 Å². The first-order valence-electron chi connectivity index (χ1n) is 10.5. The van der Waals surface area contributed by atoms with E-state index in [0.717, 1.165) is 69.3 Å². The Hall–Kier alpha value is -1.52. The van der Waals surface area contributed by atoms with Crippen molar-refractivity contribution in [2.75, 3.05) is 13.1 Å². The fourth-order valence-electron chi connectivity index (χ4n) is 5.00. The molecule has 1 aromatic carbocycles. The molecule has 28 heavy (non-hydrogen) atoms. The molecule has 156 valence electrons. The van der Waals surface area contributed by atoms with Gasteiger partial charge in [-0.15, -0.1) is 0 Å². The molecule has 0 spiro atoms. The number of alkyl halides is 3. The molecular formula is C23H32F3NO. The van der Waals surface area contributed by atoms with Crippen LogP contribution < -0.4 is 0 Å². The van der Waals surface area contributed by atoms with Crippen LogP contribution in [0, 0.1) is 16.7 Å². The number of carbonyl (C=O) groups is 1. The largest absolute Gasteiger partial charge is 0.416 e. The predicted molar refractivity (Wildman–Crippen MR) is 105 cm³/mol. The van der Waals surface area contributed by atoms with Crippen molar-refractivity contribution in [1.29, 1.82) is 0 Å². The summed E-state index contributed by atoms with van der Waals surface area (Å²) >= 11 is 0. The summed E-state index contributed by atoms with van der Waals surface area (Å²) in [5.41, 5.74) is 0.0227. The molecular weight excluding hydrogens is 363 g/mol. The van der Waals surface area contributed by atoms with Gasteiger partial charge < -0.3 is 4.90 Å². The highest BCUT2D eigenvalue weighted by Gasteiger charge is 2.44. The van der Waals surface area contributed by atoms with Gasteiger partial charge >= 0.3 is 6.18 Å². The zero-order chi connectivity index (χ0) is 20.6. The lowest BCUT2D eigenvalue weighted by Crippen LogP contribution is -2.48. The van der Waals surface area contributed by atoms with Crippen LogP contribution in [0.3, 0.4) is 0 Å². The third-order valence-corrected chi connectivity index (χ3v) is 6.85. The molecule has 1 aromatic rings. The Bertz CT molecular complexity index is 673. The molecule has 1 amide bonds. The van der Waals surface area contributed by atoms with Crippen LogP contribution in [0.4, 0.5) is 13.2 Å². The van der Waals surface area contributed by atoms with Crippen molar-refractivity contribution in [3.8, 4) is 0 Å². The number of hydrogen-bond donors (Lipinski definition) is 0. The number of amides is 1. The Morgan fingerprint density at radius 1 is 1.04 bits per heavy atom. The number of piperidine rings is 1. The van der Waals surface area contributed by atoms with Crippen LogP contribution in [0.1, 0.15) is 70.4 Å². The quantitative estimate of drug-likeness (QED) is 0.606. The van der Waals surface area contributed by atoms with E-state index in [1.54, 1.807) is 12.1 Å². The van der Waals surface area contributed by atoms with Gasteiger partial charge in [0, 0.05) is 13.1 Å². The Kier molecular flexibility index (Phi) is 5.84. The number of hydrogen-bond acceptors (Lipinski definition) is 1. The number of carbonyl (C=O) groups excluding carboxylic acids is 1. The first-order chi connectivity index (χ1) is 13.0. The Morgan fingerprint density at radius 2 is 1.57 bits per heavy atom. The van der Waals surface area contributed by atoms with Crippen LogP contribution in [0.25, 0.3) is 0 Å². The molecule has 0 atom stereocenters. The molecule has 1 heterocycles. The van der Waals surface area contributed by atoms with Crippen molar-refractivity contribution < 1.29 is 18.0 Å². The lowest BCUT2D eigenvalue weighted by molar-refractivity contribution is -0.144. The van der Waals surface area contributed by atoms with Crippen LogP contribution >= 0.6 is 0 Å². The van der Waals surface area contributed by atoms with Crippen LogP contribution in [0.5, 0.6) is 0 Å². The number of halogens is 3. The zero-order valence-electron chi connectivity index (χ0n) is 17.2. The highest BCUT2D eigenvalue weighted by Crippen LogP contribution is 2.44. The van der Waals surface area contributed by atoms with Gasteiger partial charge in [-0.25, -0.2) is 0 Å². The number of rotatable bonds is 3. The van der Waals surface area contributed by atoms with Crippen molar-refractivity contribution in [2.24, 2.45) is 16.7 Å². The molecule has 0 radical (unpaired) electrons. The minimum atomic E-state index is -4.32. The Labute approximate surface area is 166 Å². The van der Waals surface area contributed by atoms with Gasteiger partial charge in [0.05, 0.1) is 11.0 Å². The van der Waals surface area contributed by atoms with Crippen molar-refractivity contribution in [1.82, 2.24) is 4.90 Å².